The van der Waals surface area contributed by atoms with E-state index in [9.17, 15) is 4.79 Å². The highest BCUT2D eigenvalue weighted by molar-refractivity contribution is 5.72. The Labute approximate surface area is 108 Å². The van der Waals surface area contributed by atoms with Crippen molar-refractivity contribution in [1.82, 2.24) is 0 Å². The molecule has 4 heteroatoms. The van der Waals surface area contributed by atoms with E-state index in [0.29, 0.717) is 23.6 Å². The fourth-order valence-electron chi connectivity index (χ4n) is 1.77. The fourth-order valence-corrected chi connectivity index (χ4v) is 1.77. The molecule has 0 heterocycles. The van der Waals surface area contributed by atoms with Gasteiger partial charge in [0, 0.05) is 11.8 Å². The number of rotatable bonds is 8. The van der Waals surface area contributed by atoms with Crippen molar-refractivity contribution >= 4 is 12.1 Å². The van der Waals surface area contributed by atoms with Gasteiger partial charge in [-0.1, -0.05) is 20.3 Å². The number of methoxy groups -OCH3 is 1. The Balaban J connectivity index is 2.88. The Bertz CT molecular complexity index is 379. The maximum Gasteiger partial charge on any atom is 0.211 e. The molecule has 0 saturated heterocycles. The monoisotopic (exact) mass is 251 g/mol. The predicted molar refractivity (Wildman–Crippen MR) is 72.3 cm³/mol. The number of carbonyl (C=O) groups excluding carboxylic acids is 1. The normalized spacial score (nSPS) is 11.7. The smallest absolute Gasteiger partial charge is 0.211 e. The Morgan fingerprint density at radius 2 is 2.11 bits per heavy atom. The van der Waals surface area contributed by atoms with E-state index in [1.165, 1.54) is 0 Å². The zero-order valence-corrected chi connectivity index (χ0v) is 11.2. The quantitative estimate of drug-likeness (QED) is 0.722. The van der Waals surface area contributed by atoms with Crippen LogP contribution < -0.4 is 14.8 Å². The van der Waals surface area contributed by atoms with Gasteiger partial charge in [-0.25, -0.2) is 0 Å². The molecule has 0 aliphatic rings. The predicted octanol–water partition coefficient (Wildman–Crippen LogP) is 3.22. The van der Waals surface area contributed by atoms with E-state index >= 15 is 0 Å². The van der Waals surface area contributed by atoms with Gasteiger partial charge in [0.1, 0.15) is 0 Å². The minimum absolute atomic E-state index is 0.176. The zero-order valence-electron chi connectivity index (χ0n) is 11.2. The number of hydrogen-bond acceptors (Lipinski definition) is 3. The molecule has 1 aromatic carbocycles. The van der Waals surface area contributed by atoms with Crippen molar-refractivity contribution in [1.29, 1.82) is 0 Å². The molecule has 0 bridgehead atoms. The van der Waals surface area contributed by atoms with Gasteiger partial charge in [0.05, 0.1) is 13.2 Å². The third kappa shape index (κ3) is 3.95. The number of nitrogens with one attached hydrogen (secondary N) is 1. The summed E-state index contributed by atoms with van der Waals surface area (Å²) >= 11 is 0. The van der Waals surface area contributed by atoms with E-state index in [0.717, 1.165) is 19.3 Å². The summed E-state index contributed by atoms with van der Waals surface area (Å²) < 4.78 is 11.2. The second-order valence-corrected chi connectivity index (χ2v) is 4.06. The molecule has 1 rings (SSSR count). The van der Waals surface area contributed by atoms with Crippen LogP contribution in [0.25, 0.3) is 0 Å². The van der Waals surface area contributed by atoms with Gasteiger partial charge in [0.2, 0.25) is 6.41 Å². The first-order valence-corrected chi connectivity index (χ1v) is 6.30. The molecular formula is C14H21NO3. The molecule has 1 amide bonds. The Hall–Kier alpha value is -1.71. The van der Waals surface area contributed by atoms with Crippen LogP contribution in [0.5, 0.6) is 11.5 Å². The second-order valence-electron chi connectivity index (χ2n) is 4.06. The maximum atomic E-state index is 10.4. The number of anilines is 1. The first kappa shape index (κ1) is 14.4. The van der Waals surface area contributed by atoms with Gasteiger partial charge >= 0.3 is 0 Å². The van der Waals surface area contributed by atoms with Crippen molar-refractivity contribution in [2.24, 2.45) is 0 Å². The number of hydrogen-bond donors (Lipinski definition) is 1. The average molecular weight is 251 g/mol. The molecule has 1 N–H and O–H groups in total. The average Bonchev–Trinajstić information content (AvgIpc) is 2.39. The highest BCUT2D eigenvalue weighted by atomic mass is 16.5. The van der Waals surface area contributed by atoms with Crippen LogP contribution in [0, 0.1) is 0 Å². The number of benzene rings is 1. The van der Waals surface area contributed by atoms with Crippen molar-refractivity contribution in [2.75, 3.05) is 12.4 Å². The van der Waals surface area contributed by atoms with Gasteiger partial charge < -0.3 is 14.8 Å². The third-order valence-corrected chi connectivity index (χ3v) is 2.75. The molecule has 1 unspecified atom stereocenters. The largest absolute Gasteiger partial charge is 0.493 e. The van der Waals surface area contributed by atoms with Crippen LogP contribution in [0.2, 0.25) is 0 Å². The maximum absolute atomic E-state index is 10.4. The molecule has 100 valence electrons. The lowest BCUT2D eigenvalue weighted by atomic mass is 10.1. The molecule has 1 aromatic rings. The number of carbonyl (C=O) groups is 1. The third-order valence-electron chi connectivity index (χ3n) is 2.75. The SMILES string of the molecule is CCCC(CC)Oc1cc(NC=O)ccc1OC. The summed E-state index contributed by atoms with van der Waals surface area (Å²) in [5.74, 6) is 1.35. The van der Waals surface area contributed by atoms with E-state index in [1.54, 1.807) is 25.3 Å². The molecule has 0 aliphatic heterocycles. The summed E-state index contributed by atoms with van der Waals surface area (Å²) in [4.78, 5) is 10.4. The van der Waals surface area contributed by atoms with Gasteiger partial charge in [0.15, 0.2) is 11.5 Å². The van der Waals surface area contributed by atoms with Crippen molar-refractivity contribution in [3.8, 4) is 11.5 Å². The molecule has 0 radical (unpaired) electrons. The van der Waals surface area contributed by atoms with E-state index in [2.05, 4.69) is 19.2 Å². The highest BCUT2D eigenvalue weighted by Crippen LogP contribution is 2.31. The summed E-state index contributed by atoms with van der Waals surface area (Å²) in [6.45, 7) is 4.23. The molecule has 0 saturated carbocycles. The molecule has 18 heavy (non-hydrogen) atoms. The van der Waals surface area contributed by atoms with Gasteiger partial charge in [-0.3, -0.25) is 4.79 Å². The van der Waals surface area contributed by atoms with Crippen LogP contribution >= 0.6 is 0 Å². The van der Waals surface area contributed by atoms with E-state index in [1.807, 2.05) is 0 Å². The molecular weight excluding hydrogens is 230 g/mol. The summed E-state index contributed by atoms with van der Waals surface area (Å²) in [7, 11) is 1.61. The van der Waals surface area contributed by atoms with E-state index in [4.69, 9.17) is 9.47 Å². The lowest BCUT2D eigenvalue weighted by molar-refractivity contribution is -0.105. The van der Waals surface area contributed by atoms with E-state index < -0.39 is 0 Å². The van der Waals surface area contributed by atoms with Crippen molar-refractivity contribution < 1.29 is 14.3 Å². The molecule has 4 nitrogen and oxygen atoms in total. The highest BCUT2D eigenvalue weighted by Gasteiger charge is 2.11. The molecule has 0 fully saturated rings. The fraction of sp³-hybridized carbons (Fsp3) is 0.500. The van der Waals surface area contributed by atoms with Crippen LogP contribution in [0.4, 0.5) is 5.69 Å². The molecule has 0 spiro atoms. The van der Waals surface area contributed by atoms with Crippen molar-refractivity contribution in [3.63, 3.8) is 0 Å². The molecule has 1 atom stereocenters. The minimum atomic E-state index is 0.176. The van der Waals surface area contributed by atoms with Crippen molar-refractivity contribution in [3.05, 3.63) is 18.2 Å². The Morgan fingerprint density at radius 3 is 2.67 bits per heavy atom. The first-order valence-electron chi connectivity index (χ1n) is 6.30. The van der Waals surface area contributed by atoms with Crippen LogP contribution in [-0.4, -0.2) is 19.6 Å². The lowest BCUT2D eigenvalue weighted by Gasteiger charge is -2.19. The van der Waals surface area contributed by atoms with Crippen LogP contribution in [0.3, 0.4) is 0 Å². The second kappa shape index (κ2) is 7.58. The van der Waals surface area contributed by atoms with Crippen molar-refractivity contribution in [2.45, 2.75) is 39.2 Å². The van der Waals surface area contributed by atoms with Gasteiger partial charge in [-0.05, 0) is 25.0 Å². The summed E-state index contributed by atoms with van der Waals surface area (Å²) in [6.07, 6.45) is 3.85. The van der Waals surface area contributed by atoms with Gasteiger partial charge in [0.25, 0.3) is 0 Å². The summed E-state index contributed by atoms with van der Waals surface area (Å²) in [6, 6.07) is 5.35. The Kier molecular flexibility index (Phi) is 6.05. The Morgan fingerprint density at radius 1 is 1.33 bits per heavy atom. The van der Waals surface area contributed by atoms with E-state index in [-0.39, 0.29) is 6.10 Å². The summed E-state index contributed by atoms with van der Waals surface area (Å²) in [5.41, 5.74) is 0.701. The summed E-state index contributed by atoms with van der Waals surface area (Å²) in [5, 5.41) is 2.61. The van der Waals surface area contributed by atoms with Crippen LogP contribution in [0.15, 0.2) is 18.2 Å². The van der Waals surface area contributed by atoms with Crippen LogP contribution in [0.1, 0.15) is 33.1 Å². The lowest BCUT2D eigenvalue weighted by Crippen LogP contribution is -2.15. The van der Waals surface area contributed by atoms with Gasteiger partial charge in [-0.2, -0.15) is 0 Å². The van der Waals surface area contributed by atoms with Gasteiger partial charge in [-0.15, -0.1) is 0 Å². The zero-order chi connectivity index (χ0) is 13.4. The van der Waals surface area contributed by atoms with Crippen LogP contribution in [-0.2, 0) is 4.79 Å². The minimum Gasteiger partial charge on any atom is -0.493 e. The number of ether oxygens (including phenoxy) is 2. The molecule has 0 aromatic heterocycles. The first-order chi connectivity index (χ1) is 8.74. The standard InChI is InChI=1S/C14H21NO3/c1-4-6-12(5-2)18-14-9-11(15-10-16)7-8-13(14)17-3/h7-10,12H,4-6H2,1-3H3,(H,15,16). The topological polar surface area (TPSA) is 47.6 Å². The number of amides is 1. The molecule has 0 aliphatic carbocycles.